The fraction of sp³-hybridized carbons (Fsp3) is 0.385. The quantitative estimate of drug-likeness (QED) is 0.558. The lowest BCUT2D eigenvalue weighted by Gasteiger charge is -2.12. The Morgan fingerprint density at radius 2 is 1.78 bits per heavy atom. The molecule has 0 heterocycles. The third kappa shape index (κ3) is 3.48. The number of hydrogen-bond donors (Lipinski definition) is 0. The lowest BCUT2D eigenvalue weighted by Crippen LogP contribution is -2.25. The summed E-state index contributed by atoms with van der Waals surface area (Å²) in [5.74, 6) is -1.55. The monoisotopic (exact) mass is 252 g/mol. The zero-order chi connectivity index (χ0) is 13.5. The molecule has 0 atom stereocenters. The van der Waals surface area contributed by atoms with Crippen molar-refractivity contribution in [1.82, 2.24) is 0 Å². The van der Waals surface area contributed by atoms with E-state index in [-0.39, 0.29) is 0 Å². The molecule has 1 aliphatic carbocycles. The average molecular weight is 252 g/mol. The first kappa shape index (κ1) is 14.0. The van der Waals surface area contributed by atoms with Gasteiger partial charge in [0.05, 0.1) is 21.3 Å². The van der Waals surface area contributed by atoms with Gasteiger partial charge in [0, 0.05) is 0 Å². The van der Waals surface area contributed by atoms with Crippen molar-refractivity contribution in [3.63, 3.8) is 0 Å². The molecule has 0 aliphatic heterocycles. The first-order valence-electron chi connectivity index (χ1n) is 5.41. The van der Waals surface area contributed by atoms with E-state index in [1.165, 1.54) is 20.3 Å². The number of carbonyl (C=O) groups excluding carboxylic acids is 2. The second kappa shape index (κ2) is 6.64. The lowest BCUT2D eigenvalue weighted by atomic mass is 10.0. The largest absolute Gasteiger partial charge is 0.497 e. The Labute approximate surface area is 106 Å². The van der Waals surface area contributed by atoms with E-state index in [0.717, 1.165) is 11.3 Å². The fourth-order valence-electron chi connectivity index (χ4n) is 1.52. The highest BCUT2D eigenvalue weighted by Gasteiger charge is 2.26. The Balaban J connectivity index is 2.85. The molecule has 0 aromatic heterocycles. The fourth-order valence-corrected chi connectivity index (χ4v) is 1.52. The van der Waals surface area contributed by atoms with Gasteiger partial charge in [0.25, 0.3) is 0 Å². The van der Waals surface area contributed by atoms with Gasteiger partial charge in [-0.1, -0.05) is 12.2 Å². The molecule has 18 heavy (non-hydrogen) atoms. The van der Waals surface area contributed by atoms with Crippen LogP contribution in [-0.2, 0) is 23.8 Å². The molecule has 0 amide bonds. The Kier molecular flexibility index (Phi) is 5.17. The van der Waals surface area contributed by atoms with Gasteiger partial charge in [-0.2, -0.15) is 0 Å². The second-order valence-electron chi connectivity index (χ2n) is 3.61. The molecule has 0 spiro atoms. The number of ether oxygens (including phenoxy) is 3. The van der Waals surface area contributed by atoms with E-state index >= 15 is 0 Å². The first-order valence-corrected chi connectivity index (χ1v) is 5.41. The molecule has 0 bridgehead atoms. The maximum absolute atomic E-state index is 11.5. The zero-order valence-electron chi connectivity index (χ0n) is 10.6. The Morgan fingerprint density at radius 1 is 1.17 bits per heavy atom. The van der Waals surface area contributed by atoms with Gasteiger partial charge in [0.2, 0.25) is 0 Å². The molecule has 0 aromatic carbocycles. The lowest BCUT2D eigenvalue weighted by molar-refractivity contribution is -0.156. The Morgan fingerprint density at radius 3 is 2.17 bits per heavy atom. The van der Waals surface area contributed by atoms with Crippen LogP contribution in [0.15, 0.2) is 35.6 Å². The summed E-state index contributed by atoms with van der Waals surface area (Å²) in [6.45, 7) is 0. The number of carbonyl (C=O) groups is 2. The smallest absolute Gasteiger partial charge is 0.324 e. The SMILES string of the molecule is COC(=O)C(/C=C1/C=CC(OC)=CC1)C(=O)OC. The average Bonchev–Trinajstić information content (AvgIpc) is 2.43. The highest BCUT2D eigenvalue weighted by molar-refractivity contribution is 5.97. The van der Waals surface area contributed by atoms with Crippen LogP contribution >= 0.6 is 0 Å². The number of esters is 2. The Bertz CT molecular complexity index is 401. The van der Waals surface area contributed by atoms with Crippen LogP contribution in [-0.4, -0.2) is 33.3 Å². The maximum Gasteiger partial charge on any atom is 0.324 e. The van der Waals surface area contributed by atoms with Crippen molar-refractivity contribution in [1.29, 1.82) is 0 Å². The molecule has 0 aromatic rings. The maximum atomic E-state index is 11.5. The van der Waals surface area contributed by atoms with Crippen molar-refractivity contribution in [3.05, 3.63) is 35.6 Å². The summed E-state index contributed by atoms with van der Waals surface area (Å²) < 4.78 is 14.2. The third-order valence-electron chi connectivity index (χ3n) is 2.53. The number of methoxy groups -OCH3 is 3. The minimum atomic E-state index is -1.03. The molecule has 0 saturated heterocycles. The minimum absolute atomic E-state index is 0.587. The summed E-state index contributed by atoms with van der Waals surface area (Å²) in [5.41, 5.74) is 0.830. The molecule has 0 unspecified atom stereocenters. The third-order valence-corrected chi connectivity index (χ3v) is 2.53. The van der Waals surface area contributed by atoms with Crippen LogP contribution in [0.2, 0.25) is 0 Å². The van der Waals surface area contributed by atoms with Crippen molar-refractivity contribution in [2.45, 2.75) is 6.42 Å². The summed E-state index contributed by atoms with van der Waals surface area (Å²) >= 11 is 0. The minimum Gasteiger partial charge on any atom is -0.497 e. The van der Waals surface area contributed by atoms with Crippen molar-refractivity contribution >= 4 is 11.9 Å². The van der Waals surface area contributed by atoms with Gasteiger partial charge in [-0.15, -0.1) is 0 Å². The summed E-state index contributed by atoms with van der Waals surface area (Å²) in [7, 11) is 4.05. The number of rotatable bonds is 4. The second-order valence-corrected chi connectivity index (χ2v) is 3.61. The molecule has 1 rings (SSSR count). The molecule has 0 radical (unpaired) electrons. The molecule has 0 saturated carbocycles. The van der Waals surface area contributed by atoms with Crippen LogP contribution < -0.4 is 0 Å². The first-order chi connectivity index (χ1) is 8.62. The summed E-state index contributed by atoms with van der Waals surface area (Å²) in [5, 5.41) is 0. The molecular weight excluding hydrogens is 236 g/mol. The van der Waals surface area contributed by atoms with Crippen molar-refractivity contribution < 1.29 is 23.8 Å². The molecule has 1 aliphatic rings. The van der Waals surface area contributed by atoms with E-state index < -0.39 is 17.9 Å². The van der Waals surface area contributed by atoms with E-state index in [1.807, 2.05) is 6.08 Å². The molecule has 0 fully saturated rings. The van der Waals surface area contributed by atoms with Crippen LogP contribution in [0.5, 0.6) is 0 Å². The van der Waals surface area contributed by atoms with Gasteiger partial charge < -0.3 is 14.2 Å². The van der Waals surface area contributed by atoms with Gasteiger partial charge in [-0.05, 0) is 24.1 Å². The van der Waals surface area contributed by atoms with E-state index in [4.69, 9.17) is 4.74 Å². The van der Waals surface area contributed by atoms with Crippen LogP contribution in [0.25, 0.3) is 0 Å². The Hall–Kier alpha value is -2.04. The van der Waals surface area contributed by atoms with Gasteiger partial charge in [-0.25, -0.2) is 0 Å². The zero-order valence-corrected chi connectivity index (χ0v) is 10.6. The molecule has 98 valence electrons. The topological polar surface area (TPSA) is 61.8 Å². The highest BCUT2D eigenvalue weighted by Crippen LogP contribution is 2.19. The standard InChI is InChI=1S/C13H16O5/c1-16-10-6-4-9(5-7-10)8-11(12(14)17-2)13(15)18-3/h4,6-8,11H,5H2,1-3H3/b9-8-. The molecule has 5 heteroatoms. The van der Waals surface area contributed by atoms with E-state index in [9.17, 15) is 9.59 Å². The van der Waals surface area contributed by atoms with Gasteiger partial charge in [0.1, 0.15) is 5.76 Å². The van der Waals surface area contributed by atoms with E-state index in [0.29, 0.717) is 6.42 Å². The van der Waals surface area contributed by atoms with E-state index in [1.54, 1.807) is 19.3 Å². The van der Waals surface area contributed by atoms with Crippen LogP contribution in [0, 0.1) is 5.92 Å². The summed E-state index contributed by atoms with van der Waals surface area (Å²) in [6.07, 6.45) is 7.54. The van der Waals surface area contributed by atoms with E-state index in [2.05, 4.69) is 9.47 Å². The molecule has 5 nitrogen and oxygen atoms in total. The van der Waals surface area contributed by atoms with Crippen molar-refractivity contribution in [2.24, 2.45) is 5.92 Å². The highest BCUT2D eigenvalue weighted by atomic mass is 16.5. The van der Waals surface area contributed by atoms with Crippen molar-refractivity contribution in [3.8, 4) is 0 Å². The van der Waals surface area contributed by atoms with Crippen molar-refractivity contribution in [2.75, 3.05) is 21.3 Å². The van der Waals surface area contributed by atoms with Crippen LogP contribution in [0.1, 0.15) is 6.42 Å². The van der Waals surface area contributed by atoms with Gasteiger partial charge >= 0.3 is 11.9 Å². The van der Waals surface area contributed by atoms with Gasteiger partial charge in [0.15, 0.2) is 5.92 Å². The predicted octanol–water partition coefficient (Wildman–Crippen LogP) is 1.37. The molecule has 0 N–H and O–H groups in total. The normalized spacial score (nSPS) is 16.4. The number of hydrogen-bond acceptors (Lipinski definition) is 5. The predicted molar refractivity (Wildman–Crippen MR) is 64.5 cm³/mol. The summed E-state index contributed by atoms with van der Waals surface area (Å²) in [4.78, 5) is 22.9. The molecular formula is C13H16O5. The van der Waals surface area contributed by atoms with Gasteiger partial charge in [-0.3, -0.25) is 9.59 Å². The number of allylic oxidation sites excluding steroid dienone is 4. The van der Waals surface area contributed by atoms with Crippen LogP contribution in [0.3, 0.4) is 0 Å². The van der Waals surface area contributed by atoms with Crippen LogP contribution in [0.4, 0.5) is 0 Å². The summed E-state index contributed by atoms with van der Waals surface area (Å²) in [6, 6.07) is 0.